The van der Waals surface area contributed by atoms with Gasteiger partial charge in [0.1, 0.15) is 11.6 Å². The van der Waals surface area contributed by atoms with Gasteiger partial charge in [-0.1, -0.05) is 35.9 Å². The van der Waals surface area contributed by atoms with Crippen molar-refractivity contribution in [2.75, 3.05) is 19.8 Å². The van der Waals surface area contributed by atoms with E-state index in [1.807, 2.05) is 34.6 Å². The summed E-state index contributed by atoms with van der Waals surface area (Å²) in [5, 5.41) is 10.2. The molecule has 2 bridgehead atoms. The van der Waals surface area contributed by atoms with Gasteiger partial charge in [0.05, 0.1) is 37.2 Å². The van der Waals surface area contributed by atoms with E-state index < -0.39 is 47.1 Å². The highest BCUT2D eigenvalue weighted by Gasteiger charge is 2.77. The Morgan fingerprint density at radius 1 is 1.42 bits per heavy atom. The molecule has 3 saturated heterocycles. The monoisotopic (exact) mass is 528 g/mol. The quantitative estimate of drug-likeness (QED) is 0.294. The van der Waals surface area contributed by atoms with Gasteiger partial charge in [0.2, 0.25) is 11.8 Å². The molecule has 7 atom stereocenters. The number of alkyl halides is 1. The van der Waals surface area contributed by atoms with Crippen LogP contribution in [-0.2, 0) is 23.9 Å². The molecule has 1 unspecified atom stereocenters. The maximum Gasteiger partial charge on any atom is 0.312 e. The summed E-state index contributed by atoms with van der Waals surface area (Å²) in [6.07, 6.45) is 1.52. The van der Waals surface area contributed by atoms with Crippen molar-refractivity contribution in [1.29, 1.82) is 0 Å². The second-order valence-corrected chi connectivity index (χ2v) is 11.7. The van der Waals surface area contributed by atoms with Crippen LogP contribution in [0.4, 0.5) is 0 Å². The van der Waals surface area contributed by atoms with Gasteiger partial charge >= 0.3 is 5.97 Å². The molecule has 3 heterocycles. The van der Waals surface area contributed by atoms with Crippen molar-refractivity contribution in [3.8, 4) is 0 Å². The standard InChI is InChI=1S/C24H37BrN2O6/c1-8-10-26(23(5,6)7)21(30)19-24-11-14(25)18(33-24)16(22(31)32-9-2)17(24)20(29)27(19)15(12-28)13(3)4/h8,13-19,28H,1,9-12H2,2-7H3/t14?,15-,16+,17-,18+,19+,24-/m0/s1. The third kappa shape index (κ3) is 4.04. The van der Waals surface area contributed by atoms with Crippen LogP contribution >= 0.6 is 15.9 Å². The lowest BCUT2D eigenvalue weighted by Crippen LogP contribution is -2.62. The predicted molar refractivity (Wildman–Crippen MR) is 127 cm³/mol. The average molecular weight is 529 g/mol. The van der Waals surface area contributed by atoms with E-state index in [1.165, 1.54) is 4.90 Å². The van der Waals surface area contributed by atoms with Gasteiger partial charge in [0.25, 0.3) is 0 Å². The van der Waals surface area contributed by atoms with Gasteiger partial charge in [-0.15, -0.1) is 6.58 Å². The first-order valence-electron chi connectivity index (χ1n) is 11.7. The SMILES string of the molecule is C=CCN(C(=O)[C@H]1N([C@@H](CO)C(C)C)C(=O)[C@@H]2[C@@H](C(=O)OCC)[C@@H]3O[C@@]21CC3Br)C(C)(C)C. The fraction of sp³-hybridized carbons (Fsp3) is 0.792. The third-order valence-electron chi connectivity index (χ3n) is 7.22. The summed E-state index contributed by atoms with van der Waals surface area (Å²) >= 11 is 3.64. The van der Waals surface area contributed by atoms with E-state index in [1.54, 1.807) is 17.9 Å². The molecule has 0 aliphatic carbocycles. The molecule has 3 rings (SSSR count). The summed E-state index contributed by atoms with van der Waals surface area (Å²) < 4.78 is 11.8. The lowest BCUT2D eigenvalue weighted by atomic mass is 9.70. The number of nitrogens with zero attached hydrogens (tertiary/aromatic N) is 2. The van der Waals surface area contributed by atoms with Crippen LogP contribution in [0.1, 0.15) is 48.0 Å². The maximum atomic E-state index is 14.2. The number of amides is 2. The summed E-state index contributed by atoms with van der Waals surface area (Å²) in [6.45, 7) is 15.3. The molecule has 0 saturated carbocycles. The smallest absolute Gasteiger partial charge is 0.312 e. The lowest BCUT2D eigenvalue weighted by Gasteiger charge is -2.44. The second-order valence-electron chi connectivity index (χ2n) is 10.6. The fourth-order valence-electron chi connectivity index (χ4n) is 5.80. The Bertz CT molecular complexity index is 811. The molecule has 0 aromatic heterocycles. The molecular weight excluding hydrogens is 492 g/mol. The summed E-state index contributed by atoms with van der Waals surface area (Å²) in [6, 6.07) is -1.55. The topological polar surface area (TPSA) is 96.4 Å². The minimum absolute atomic E-state index is 0.107. The molecule has 3 aliphatic rings. The van der Waals surface area contributed by atoms with Crippen molar-refractivity contribution >= 4 is 33.7 Å². The van der Waals surface area contributed by atoms with E-state index in [2.05, 4.69) is 22.5 Å². The molecule has 1 N–H and O–H groups in total. The van der Waals surface area contributed by atoms with Gasteiger partial charge in [-0.05, 0) is 40.0 Å². The Morgan fingerprint density at radius 3 is 2.55 bits per heavy atom. The number of aliphatic hydroxyl groups excluding tert-OH is 1. The van der Waals surface area contributed by atoms with Crippen LogP contribution in [-0.4, -0.2) is 86.6 Å². The third-order valence-corrected chi connectivity index (χ3v) is 8.07. The van der Waals surface area contributed by atoms with Crippen LogP contribution in [0.2, 0.25) is 0 Å². The number of esters is 1. The van der Waals surface area contributed by atoms with Crippen LogP contribution < -0.4 is 0 Å². The highest BCUT2D eigenvalue weighted by atomic mass is 79.9. The minimum atomic E-state index is -1.17. The number of hydrogen-bond acceptors (Lipinski definition) is 6. The van der Waals surface area contributed by atoms with Gasteiger partial charge in [-0.3, -0.25) is 14.4 Å². The first-order chi connectivity index (χ1) is 15.4. The molecular formula is C24H37BrN2O6. The van der Waals surface area contributed by atoms with Crippen molar-refractivity contribution < 1.29 is 29.0 Å². The Balaban J connectivity index is 2.18. The number of rotatable bonds is 8. The van der Waals surface area contributed by atoms with E-state index >= 15 is 0 Å². The Hall–Kier alpha value is -1.45. The summed E-state index contributed by atoms with van der Waals surface area (Å²) in [7, 11) is 0. The van der Waals surface area contributed by atoms with E-state index in [-0.39, 0.29) is 35.8 Å². The fourth-order valence-corrected chi connectivity index (χ4v) is 6.75. The van der Waals surface area contributed by atoms with E-state index in [0.29, 0.717) is 13.0 Å². The number of halogens is 1. The van der Waals surface area contributed by atoms with Crippen LogP contribution in [0, 0.1) is 17.8 Å². The molecule has 33 heavy (non-hydrogen) atoms. The largest absolute Gasteiger partial charge is 0.466 e. The van der Waals surface area contributed by atoms with E-state index in [0.717, 1.165) is 0 Å². The number of carbonyl (C=O) groups excluding carboxylic acids is 3. The number of fused-ring (bicyclic) bond motifs is 1. The van der Waals surface area contributed by atoms with Gasteiger partial charge in [0.15, 0.2) is 0 Å². The summed E-state index contributed by atoms with van der Waals surface area (Å²) in [5.74, 6) is -2.81. The van der Waals surface area contributed by atoms with Crippen molar-refractivity contribution in [3.05, 3.63) is 12.7 Å². The van der Waals surface area contributed by atoms with Crippen molar-refractivity contribution in [3.63, 3.8) is 0 Å². The van der Waals surface area contributed by atoms with Crippen molar-refractivity contribution in [1.82, 2.24) is 9.80 Å². The molecule has 9 heteroatoms. The molecule has 3 aliphatic heterocycles. The van der Waals surface area contributed by atoms with E-state index in [4.69, 9.17) is 9.47 Å². The highest BCUT2D eigenvalue weighted by molar-refractivity contribution is 9.09. The van der Waals surface area contributed by atoms with Gasteiger partial charge in [-0.2, -0.15) is 0 Å². The van der Waals surface area contributed by atoms with Crippen LogP contribution in [0.5, 0.6) is 0 Å². The number of hydrogen-bond donors (Lipinski definition) is 1. The summed E-state index contributed by atoms with van der Waals surface area (Å²) in [5.41, 5.74) is -1.70. The zero-order chi connectivity index (χ0) is 24.9. The normalized spacial score (nSPS) is 33.9. The zero-order valence-corrected chi connectivity index (χ0v) is 22.0. The highest BCUT2D eigenvalue weighted by Crippen LogP contribution is 2.61. The van der Waals surface area contributed by atoms with Crippen molar-refractivity contribution in [2.24, 2.45) is 17.8 Å². The second kappa shape index (κ2) is 9.30. The van der Waals surface area contributed by atoms with Crippen LogP contribution in [0.25, 0.3) is 0 Å². The Labute approximate surface area is 204 Å². The summed E-state index contributed by atoms with van der Waals surface area (Å²) in [4.78, 5) is 44.1. The first kappa shape index (κ1) is 26.2. The molecule has 1 spiro atoms. The maximum absolute atomic E-state index is 14.2. The van der Waals surface area contributed by atoms with E-state index in [9.17, 15) is 19.5 Å². The number of aliphatic hydroxyl groups is 1. The Morgan fingerprint density at radius 2 is 2.06 bits per heavy atom. The van der Waals surface area contributed by atoms with Gasteiger partial charge < -0.3 is 24.4 Å². The molecule has 8 nitrogen and oxygen atoms in total. The van der Waals surface area contributed by atoms with Crippen LogP contribution in [0.15, 0.2) is 12.7 Å². The molecule has 2 amide bonds. The molecule has 3 fully saturated rings. The van der Waals surface area contributed by atoms with Gasteiger partial charge in [-0.25, -0.2) is 0 Å². The predicted octanol–water partition coefficient (Wildman–Crippen LogP) is 2.13. The average Bonchev–Trinajstić information content (AvgIpc) is 3.29. The van der Waals surface area contributed by atoms with Crippen molar-refractivity contribution in [2.45, 2.75) is 82.1 Å². The first-order valence-corrected chi connectivity index (χ1v) is 12.6. The number of likely N-dealkylation sites (tertiary alicyclic amines) is 1. The van der Waals surface area contributed by atoms with Crippen LogP contribution in [0.3, 0.4) is 0 Å². The zero-order valence-electron chi connectivity index (χ0n) is 20.4. The molecule has 0 radical (unpaired) electrons. The Kier molecular flexibility index (Phi) is 7.37. The number of carbonyl (C=O) groups is 3. The minimum Gasteiger partial charge on any atom is -0.466 e. The lowest BCUT2D eigenvalue weighted by molar-refractivity contribution is -0.158. The number of ether oxygens (including phenoxy) is 2. The molecule has 0 aromatic rings. The molecule has 186 valence electrons. The molecule has 0 aromatic carbocycles. The van der Waals surface area contributed by atoms with Gasteiger partial charge in [0, 0.05) is 16.9 Å².